The molecule has 6 nitrogen and oxygen atoms in total. The summed E-state index contributed by atoms with van der Waals surface area (Å²) >= 11 is 0. The molecule has 0 aliphatic rings. The predicted octanol–water partition coefficient (Wildman–Crippen LogP) is 4.50. The molecular weight excluding hydrogens is 393 g/mol. The summed E-state index contributed by atoms with van der Waals surface area (Å²) in [5, 5.41) is 15.3. The number of hydrogen-bond acceptors (Lipinski definition) is 3. The van der Waals surface area contributed by atoms with Crippen LogP contribution in [-0.4, -0.2) is 34.9 Å². The van der Waals surface area contributed by atoms with Gasteiger partial charge in [-0.2, -0.15) is 0 Å². The van der Waals surface area contributed by atoms with Crippen molar-refractivity contribution in [3.63, 3.8) is 0 Å². The van der Waals surface area contributed by atoms with Crippen molar-refractivity contribution >= 4 is 33.5 Å². The Morgan fingerprint density at radius 3 is 2.65 bits per heavy atom. The lowest BCUT2D eigenvalue weighted by Gasteiger charge is -2.17. The lowest BCUT2D eigenvalue weighted by molar-refractivity contribution is 0.0932. The first-order valence-electron chi connectivity index (χ1n) is 10.3. The summed E-state index contributed by atoms with van der Waals surface area (Å²) in [5.74, 6) is 0.358. The topological polar surface area (TPSA) is 93.7 Å². The number of amidine groups is 1. The normalized spacial score (nSPS) is 12.0. The van der Waals surface area contributed by atoms with Crippen molar-refractivity contribution in [1.82, 2.24) is 20.6 Å². The van der Waals surface area contributed by atoms with Crippen molar-refractivity contribution < 1.29 is 9.18 Å². The van der Waals surface area contributed by atoms with Gasteiger partial charge in [0.25, 0.3) is 5.91 Å². The van der Waals surface area contributed by atoms with Crippen LogP contribution in [0.15, 0.2) is 66.7 Å². The van der Waals surface area contributed by atoms with Crippen molar-refractivity contribution in [3.8, 4) is 0 Å². The number of benzene rings is 3. The number of carbonyl (C=O) groups excluding carboxylic acids is 1. The quantitative estimate of drug-likeness (QED) is 0.193. The van der Waals surface area contributed by atoms with Gasteiger partial charge in [0.15, 0.2) is 0 Å². The SMILES string of the molecule is N=C(CF)NCCCC(NC(=O)c1ccc2ccccc2c1)c1nc2ccccc2[nH]1. The molecule has 1 heterocycles. The monoisotopic (exact) mass is 417 g/mol. The van der Waals surface area contributed by atoms with Crippen molar-refractivity contribution in [3.05, 3.63) is 78.1 Å². The van der Waals surface area contributed by atoms with Crippen molar-refractivity contribution in [1.29, 1.82) is 5.41 Å². The highest BCUT2D eigenvalue weighted by Gasteiger charge is 2.19. The minimum absolute atomic E-state index is 0.138. The first-order valence-corrected chi connectivity index (χ1v) is 10.3. The van der Waals surface area contributed by atoms with Crippen LogP contribution in [0.25, 0.3) is 21.8 Å². The zero-order valence-corrected chi connectivity index (χ0v) is 17.0. The van der Waals surface area contributed by atoms with E-state index in [1.54, 1.807) is 0 Å². The number of alkyl halides is 1. The van der Waals surface area contributed by atoms with Crippen molar-refractivity contribution in [2.75, 3.05) is 13.2 Å². The summed E-state index contributed by atoms with van der Waals surface area (Å²) in [6.07, 6.45) is 1.23. The molecule has 0 spiro atoms. The van der Waals surface area contributed by atoms with E-state index in [9.17, 15) is 9.18 Å². The maximum atomic E-state index is 13.0. The summed E-state index contributed by atoms with van der Waals surface area (Å²) in [4.78, 5) is 21.0. The van der Waals surface area contributed by atoms with Crippen LogP contribution in [0.5, 0.6) is 0 Å². The van der Waals surface area contributed by atoms with Crippen molar-refractivity contribution in [2.45, 2.75) is 18.9 Å². The second-order valence-corrected chi connectivity index (χ2v) is 7.41. The van der Waals surface area contributed by atoms with Gasteiger partial charge in [-0.05, 0) is 47.9 Å². The third-order valence-corrected chi connectivity index (χ3v) is 5.20. The van der Waals surface area contributed by atoms with E-state index in [-0.39, 0.29) is 17.8 Å². The van der Waals surface area contributed by atoms with Crippen LogP contribution in [-0.2, 0) is 0 Å². The first kappa shape index (κ1) is 20.5. The van der Waals surface area contributed by atoms with Crippen LogP contribution < -0.4 is 10.6 Å². The summed E-state index contributed by atoms with van der Waals surface area (Å²) in [6.45, 7) is -0.364. The number of fused-ring (bicyclic) bond motifs is 2. The Kier molecular flexibility index (Phi) is 6.21. The third kappa shape index (κ3) is 4.88. The van der Waals surface area contributed by atoms with Gasteiger partial charge in [-0.3, -0.25) is 10.2 Å². The number of imidazole rings is 1. The summed E-state index contributed by atoms with van der Waals surface area (Å²) < 4.78 is 12.5. The average Bonchev–Trinajstić information content (AvgIpc) is 3.24. The highest BCUT2D eigenvalue weighted by Crippen LogP contribution is 2.21. The second kappa shape index (κ2) is 9.38. The molecule has 0 saturated heterocycles. The van der Waals surface area contributed by atoms with Crippen LogP contribution in [0.3, 0.4) is 0 Å². The molecule has 4 N–H and O–H groups in total. The zero-order chi connectivity index (χ0) is 21.6. The molecule has 1 unspecified atom stereocenters. The smallest absolute Gasteiger partial charge is 0.251 e. The summed E-state index contributed by atoms with van der Waals surface area (Å²) in [6, 6.07) is 20.9. The molecule has 1 atom stereocenters. The Morgan fingerprint density at radius 2 is 1.84 bits per heavy atom. The molecule has 0 aliphatic carbocycles. The largest absolute Gasteiger partial charge is 0.372 e. The van der Waals surface area contributed by atoms with Crippen molar-refractivity contribution in [2.24, 2.45) is 0 Å². The van der Waals surface area contributed by atoms with E-state index in [0.717, 1.165) is 21.8 Å². The molecule has 0 aliphatic heterocycles. The molecule has 1 aromatic heterocycles. The lowest BCUT2D eigenvalue weighted by Crippen LogP contribution is -2.31. The number of rotatable bonds is 8. The van der Waals surface area contributed by atoms with E-state index >= 15 is 0 Å². The average molecular weight is 417 g/mol. The standard InChI is InChI=1S/C24H24FN5O/c25-15-22(26)27-13-5-10-21(23-28-19-8-3-4-9-20(19)29-23)30-24(31)18-12-11-16-6-1-2-7-17(16)14-18/h1-4,6-9,11-12,14,21H,5,10,13,15H2,(H2,26,27)(H,28,29)(H,30,31). The highest BCUT2D eigenvalue weighted by atomic mass is 19.1. The number of nitrogens with one attached hydrogen (secondary N) is 4. The molecule has 1 amide bonds. The fourth-order valence-electron chi connectivity index (χ4n) is 3.58. The minimum atomic E-state index is -0.814. The van der Waals surface area contributed by atoms with Gasteiger partial charge in [0.2, 0.25) is 0 Å². The van der Waals surface area contributed by atoms with Crippen LogP contribution in [0, 0.1) is 5.41 Å². The number of aromatic nitrogens is 2. The van der Waals surface area contributed by atoms with Gasteiger partial charge >= 0.3 is 0 Å². The molecule has 158 valence electrons. The van der Waals surface area contributed by atoms with Crippen LogP contribution in [0.4, 0.5) is 4.39 Å². The number of para-hydroxylation sites is 2. The number of carbonyl (C=O) groups is 1. The van der Waals surface area contributed by atoms with Gasteiger partial charge in [-0.1, -0.05) is 42.5 Å². The highest BCUT2D eigenvalue weighted by molar-refractivity contribution is 5.98. The minimum Gasteiger partial charge on any atom is -0.372 e. The third-order valence-electron chi connectivity index (χ3n) is 5.20. The molecule has 31 heavy (non-hydrogen) atoms. The number of halogens is 1. The van der Waals surface area contributed by atoms with E-state index in [0.29, 0.717) is 30.8 Å². The number of hydrogen-bond donors (Lipinski definition) is 4. The maximum absolute atomic E-state index is 13.0. The Hall–Kier alpha value is -3.74. The molecule has 0 radical (unpaired) electrons. The van der Waals surface area contributed by atoms with Gasteiger partial charge in [0.1, 0.15) is 18.3 Å². The van der Waals surface area contributed by atoms with Gasteiger partial charge < -0.3 is 15.6 Å². The van der Waals surface area contributed by atoms with E-state index in [1.807, 2.05) is 66.7 Å². The Labute approximate surface area is 179 Å². The number of nitrogens with zero attached hydrogens (tertiary/aromatic N) is 1. The molecular formula is C24H24FN5O. The fourth-order valence-corrected chi connectivity index (χ4v) is 3.58. The Bertz CT molecular complexity index is 1190. The first-order chi connectivity index (χ1) is 15.1. The molecule has 0 fully saturated rings. The molecule has 3 aromatic carbocycles. The van der Waals surface area contributed by atoms with Crippen LogP contribution >= 0.6 is 0 Å². The van der Waals surface area contributed by atoms with Gasteiger partial charge in [-0.15, -0.1) is 0 Å². The Balaban J connectivity index is 1.53. The van der Waals surface area contributed by atoms with E-state index in [1.165, 1.54) is 0 Å². The molecule has 4 aromatic rings. The Morgan fingerprint density at radius 1 is 1.06 bits per heavy atom. The second-order valence-electron chi connectivity index (χ2n) is 7.41. The van der Waals surface area contributed by atoms with E-state index in [2.05, 4.69) is 20.6 Å². The maximum Gasteiger partial charge on any atom is 0.251 e. The van der Waals surface area contributed by atoms with Gasteiger partial charge in [-0.25, -0.2) is 9.37 Å². The zero-order valence-electron chi connectivity index (χ0n) is 17.0. The lowest BCUT2D eigenvalue weighted by atomic mass is 10.1. The molecule has 4 rings (SSSR count). The number of aromatic amines is 1. The molecule has 0 bridgehead atoms. The number of H-pyrrole nitrogens is 1. The van der Waals surface area contributed by atoms with Gasteiger partial charge in [0, 0.05) is 12.1 Å². The van der Waals surface area contributed by atoms with E-state index in [4.69, 9.17) is 5.41 Å². The van der Waals surface area contributed by atoms with Crippen LogP contribution in [0.2, 0.25) is 0 Å². The molecule has 0 saturated carbocycles. The van der Waals surface area contributed by atoms with Gasteiger partial charge in [0.05, 0.1) is 17.1 Å². The number of amides is 1. The summed E-state index contributed by atoms with van der Waals surface area (Å²) in [5.41, 5.74) is 2.32. The summed E-state index contributed by atoms with van der Waals surface area (Å²) in [7, 11) is 0. The van der Waals surface area contributed by atoms with E-state index < -0.39 is 6.67 Å². The van der Waals surface area contributed by atoms with Crippen LogP contribution in [0.1, 0.15) is 35.1 Å². The predicted molar refractivity (Wildman–Crippen MR) is 121 cm³/mol. The fraction of sp³-hybridized carbons (Fsp3) is 0.208. The molecule has 7 heteroatoms.